The molecule has 31 heavy (non-hydrogen) atoms. The van der Waals surface area contributed by atoms with Crippen molar-refractivity contribution in [2.45, 2.75) is 12.7 Å². The number of nitrogens with zero attached hydrogens (tertiary/aromatic N) is 1. The van der Waals surface area contributed by atoms with Crippen LogP contribution in [-0.4, -0.2) is 23.1 Å². The largest absolute Gasteiger partial charge is 0.507 e. The minimum absolute atomic E-state index is 0.0295. The lowest BCUT2D eigenvalue weighted by Crippen LogP contribution is -2.24. The van der Waals surface area contributed by atoms with Gasteiger partial charge in [-0.1, -0.05) is 35.9 Å². The lowest BCUT2D eigenvalue weighted by atomic mass is 10.00. The fraction of sp³-hybridized carbons (Fsp3) is 0.174. The summed E-state index contributed by atoms with van der Waals surface area (Å²) >= 11 is 5.83. The van der Waals surface area contributed by atoms with Crippen LogP contribution < -0.4 is 5.43 Å². The van der Waals surface area contributed by atoms with Gasteiger partial charge in [-0.25, -0.2) is 0 Å². The molecule has 0 unspecified atom stereocenters. The van der Waals surface area contributed by atoms with Gasteiger partial charge >= 0.3 is 6.18 Å². The van der Waals surface area contributed by atoms with E-state index in [0.29, 0.717) is 18.1 Å². The van der Waals surface area contributed by atoms with Crippen molar-refractivity contribution in [2.24, 2.45) is 0 Å². The minimum Gasteiger partial charge on any atom is -0.507 e. The number of phenolic OH excluding ortho intramolecular Hbond substituents is 1. The van der Waals surface area contributed by atoms with Crippen molar-refractivity contribution < 1.29 is 22.7 Å². The fourth-order valence-electron chi connectivity index (χ4n) is 3.33. The molecule has 3 rings (SSSR count). The van der Waals surface area contributed by atoms with Crippen LogP contribution in [0.2, 0.25) is 5.02 Å². The van der Waals surface area contributed by atoms with Gasteiger partial charge in [0.1, 0.15) is 11.3 Å². The summed E-state index contributed by atoms with van der Waals surface area (Å²) in [7, 11) is 0. The van der Waals surface area contributed by atoms with Crippen molar-refractivity contribution in [1.82, 2.24) is 4.90 Å². The fourth-order valence-corrected chi connectivity index (χ4v) is 3.45. The van der Waals surface area contributed by atoms with E-state index in [1.54, 1.807) is 17.1 Å². The van der Waals surface area contributed by atoms with Crippen molar-refractivity contribution in [2.75, 3.05) is 13.1 Å². The van der Waals surface area contributed by atoms with Gasteiger partial charge in [0, 0.05) is 24.7 Å². The predicted octanol–water partition coefficient (Wildman–Crippen LogP) is 6.01. The molecule has 0 aliphatic rings. The number of benzene rings is 2. The van der Waals surface area contributed by atoms with E-state index < -0.39 is 22.9 Å². The highest BCUT2D eigenvalue weighted by molar-refractivity contribution is 6.30. The van der Waals surface area contributed by atoms with E-state index in [1.807, 2.05) is 0 Å². The van der Waals surface area contributed by atoms with Crippen LogP contribution in [0.3, 0.4) is 0 Å². The Balaban J connectivity index is 2.32. The molecule has 0 radical (unpaired) electrons. The van der Waals surface area contributed by atoms with E-state index in [2.05, 4.69) is 13.2 Å². The van der Waals surface area contributed by atoms with Crippen molar-refractivity contribution in [3.63, 3.8) is 0 Å². The number of alkyl halides is 3. The zero-order valence-electron chi connectivity index (χ0n) is 16.4. The second-order valence-corrected chi connectivity index (χ2v) is 7.29. The van der Waals surface area contributed by atoms with Crippen molar-refractivity contribution in [3.05, 3.63) is 88.3 Å². The molecule has 162 valence electrons. The van der Waals surface area contributed by atoms with Gasteiger partial charge < -0.3 is 9.52 Å². The first-order valence-electron chi connectivity index (χ1n) is 9.26. The van der Waals surface area contributed by atoms with Crippen molar-refractivity contribution in [1.29, 1.82) is 0 Å². The van der Waals surface area contributed by atoms with E-state index in [9.17, 15) is 23.1 Å². The Labute approximate surface area is 181 Å². The molecule has 3 aromatic rings. The van der Waals surface area contributed by atoms with Crippen LogP contribution in [0.15, 0.2) is 70.9 Å². The molecule has 0 aliphatic carbocycles. The highest BCUT2D eigenvalue weighted by Crippen LogP contribution is 2.39. The molecule has 8 heteroatoms. The first-order chi connectivity index (χ1) is 14.7. The molecule has 0 amide bonds. The minimum atomic E-state index is -4.94. The Hall–Kier alpha value is -3.03. The van der Waals surface area contributed by atoms with E-state index in [4.69, 9.17) is 16.0 Å². The topological polar surface area (TPSA) is 53.7 Å². The van der Waals surface area contributed by atoms with Crippen LogP contribution >= 0.6 is 11.6 Å². The second-order valence-electron chi connectivity index (χ2n) is 6.85. The number of aromatic hydroxyl groups is 1. The summed E-state index contributed by atoms with van der Waals surface area (Å²) in [6.45, 7) is 8.11. The van der Waals surface area contributed by atoms with E-state index in [1.165, 1.54) is 36.4 Å². The third kappa shape index (κ3) is 4.68. The number of rotatable bonds is 7. The number of hydrogen-bond acceptors (Lipinski definition) is 4. The normalized spacial score (nSPS) is 11.8. The third-order valence-corrected chi connectivity index (χ3v) is 4.94. The molecule has 0 fully saturated rings. The van der Waals surface area contributed by atoms with Crippen molar-refractivity contribution >= 4 is 22.6 Å². The van der Waals surface area contributed by atoms with Gasteiger partial charge in [-0.2, -0.15) is 13.2 Å². The summed E-state index contributed by atoms with van der Waals surface area (Å²) < 4.78 is 47.0. The average Bonchev–Trinajstić information content (AvgIpc) is 2.70. The molecule has 0 bridgehead atoms. The molecule has 1 N–H and O–H groups in total. The van der Waals surface area contributed by atoms with Crippen LogP contribution in [0.1, 0.15) is 11.3 Å². The van der Waals surface area contributed by atoms with Crippen LogP contribution in [0.5, 0.6) is 5.75 Å². The van der Waals surface area contributed by atoms with Gasteiger partial charge in [0.2, 0.25) is 11.2 Å². The molecule has 2 aromatic carbocycles. The molecule has 0 atom stereocenters. The predicted molar refractivity (Wildman–Crippen MR) is 115 cm³/mol. The van der Waals surface area contributed by atoms with E-state index in [-0.39, 0.29) is 34.4 Å². The van der Waals surface area contributed by atoms with Gasteiger partial charge in [0.15, 0.2) is 0 Å². The molecule has 4 nitrogen and oxygen atoms in total. The Kier molecular flexibility index (Phi) is 6.57. The van der Waals surface area contributed by atoms with Gasteiger partial charge in [-0.3, -0.25) is 9.69 Å². The van der Waals surface area contributed by atoms with Gasteiger partial charge in [0.25, 0.3) is 0 Å². The summed E-state index contributed by atoms with van der Waals surface area (Å²) in [5.41, 5.74) is -1.67. The van der Waals surface area contributed by atoms with Crippen molar-refractivity contribution in [3.8, 4) is 16.9 Å². The maximum atomic E-state index is 13.9. The lowest BCUT2D eigenvalue weighted by molar-refractivity contribution is -0.152. The Morgan fingerprint density at radius 2 is 1.68 bits per heavy atom. The molecule has 0 saturated carbocycles. The first kappa shape index (κ1) is 22.7. The highest BCUT2D eigenvalue weighted by Gasteiger charge is 2.39. The monoisotopic (exact) mass is 449 g/mol. The lowest BCUT2D eigenvalue weighted by Gasteiger charge is -2.21. The Morgan fingerprint density at radius 1 is 1.06 bits per heavy atom. The third-order valence-electron chi connectivity index (χ3n) is 4.69. The van der Waals surface area contributed by atoms with Gasteiger partial charge in [0.05, 0.1) is 16.5 Å². The summed E-state index contributed by atoms with van der Waals surface area (Å²) in [5.74, 6) is -1.71. The molecule has 0 aliphatic heterocycles. The van der Waals surface area contributed by atoms with Gasteiger partial charge in [-0.05, 0) is 29.8 Å². The number of halogens is 4. The smallest absolute Gasteiger partial charge is 0.450 e. The van der Waals surface area contributed by atoms with Crippen LogP contribution in [0.4, 0.5) is 13.2 Å². The Bertz CT molecular complexity index is 1170. The van der Waals surface area contributed by atoms with Gasteiger partial charge in [-0.15, -0.1) is 13.2 Å². The summed E-state index contributed by atoms with van der Waals surface area (Å²) in [6.07, 6.45) is -1.71. The SMILES string of the molecule is C=CCN(CC=C)Cc1c(O)ccc2c(=O)c(-c3ccc(Cl)cc3)c(C(F)(F)F)oc12. The zero-order chi connectivity index (χ0) is 22.8. The average molecular weight is 450 g/mol. The zero-order valence-corrected chi connectivity index (χ0v) is 17.1. The highest BCUT2D eigenvalue weighted by atomic mass is 35.5. The van der Waals surface area contributed by atoms with Crippen LogP contribution in [0.25, 0.3) is 22.1 Å². The van der Waals surface area contributed by atoms with Crippen LogP contribution in [0, 0.1) is 0 Å². The van der Waals surface area contributed by atoms with E-state index >= 15 is 0 Å². The molecule has 0 saturated heterocycles. The molecular formula is C23H19ClF3NO3. The first-order valence-corrected chi connectivity index (χ1v) is 9.64. The molecule has 1 heterocycles. The quantitative estimate of drug-likeness (QED) is 0.449. The van der Waals surface area contributed by atoms with Crippen LogP contribution in [-0.2, 0) is 12.7 Å². The number of phenols is 1. The second kappa shape index (κ2) is 8.99. The maximum absolute atomic E-state index is 13.9. The molecule has 1 aromatic heterocycles. The molecule has 0 spiro atoms. The van der Waals surface area contributed by atoms with E-state index in [0.717, 1.165) is 0 Å². The maximum Gasteiger partial charge on any atom is 0.450 e. The number of fused-ring (bicyclic) bond motifs is 1. The number of hydrogen-bond donors (Lipinski definition) is 1. The Morgan fingerprint density at radius 3 is 2.23 bits per heavy atom. The standard InChI is InChI=1S/C23H19ClF3NO3/c1-3-11-28(12-4-2)13-17-18(29)10-9-16-20(30)19(14-5-7-15(24)8-6-14)22(23(25,26)27)31-21(16)17/h3-10,29H,1-2,11-13H2. The summed E-state index contributed by atoms with van der Waals surface area (Å²) in [5, 5.41) is 10.6. The summed E-state index contributed by atoms with van der Waals surface area (Å²) in [6, 6.07) is 7.97. The summed E-state index contributed by atoms with van der Waals surface area (Å²) in [4.78, 5) is 14.9. The molecular weight excluding hydrogens is 431 g/mol.